The maximum atomic E-state index is 13.6. The summed E-state index contributed by atoms with van der Waals surface area (Å²) in [5, 5.41) is 2.67. The Morgan fingerprint density at radius 3 is 2.50 bits per heavy atom. The zero-order valence-corrected chi connectivity index (χ0v) is 21.3. The summed E-state index contributed by atoms with van der Waals surface area (Å²) in [6.07, 6.45) is 2.09. The van der Waals surface area contributed by atoms with E-state index in [2.05, 4.69) is 15.3 Å². The van der Waals surface area contributed by atoms with Crippen molar-refractivity contribution in [2.45, 2.75) is 51.4 Å². The Kier molecular flexibility index (Phi) is 7.00. The molecular weight excluding hydrogens is 519 g/mol. The molecule has 0 bridgehead atoms. The molecule has 4 aromatic rings. The average molecular weight is 544 g/mol. The predicted molar refractivity (Wildman–Crippen MR) is 138 cm³/mol. The van der Waals surface area contributed by atoms with Gasteiger partial charge in [0, 0.05) is 31.2 Å². The number of aryl methyl sites for hydroxylation is 1. The van der Waals surface area contributed by atoms with Gasteiger partial charge in [0.1, 0.15) is 0 Å². The second-order valence-corrected chi connectivity index (χ2v) is 10.1. The van der Waals surface area contributed by atoms with Gasteiger partial charge in [0.2, 0.25) is 0 Å². The normalized spacial score (nSPS) is 18.0. The van der Waals surface area contributed by atoms with E-state index >= 15 is 0 Å². The minimum Gasteiger partial charge on any atom is -0.349 e. The maximum absolute atomic E-state index is 13.6. The number of para-hydroxylation sites is 2. The van der Waals surface area contributed by atoms with Gasteiger partial charge in [0.15, 0.2) is 5.69 Å². The van der Waals surface area contributed by atoms with Crippen LogP contribution in [0.25, 0.3) is 16.7 Å². The summed E-state index contributed by atoms with van der Waals surface area (Å²) in [6.45, 7) is 2.42. The van der Waals surface area contributed by atoms with Gasteiger partial charge in [-0.1, -0.05) is 23.7 Å². The van der Waals surface area contributed by atoms with Crippen LogP contribution < -0.4 is 11.0 Å². The van der Waals surface area contributed by atoms with Gasteiger partial charge in [-0.3, -0.25) is 18.9 Å². The number of rotatable bonds is 5. The molecule has 3 heterocycles. The third kappa shape index (κ3) is 5.05. The number of imidazole rings is 1. The Labute approximate surface area is 221 Å². The first-order valence-electron chi connectivity index (χ1n) is 12.3. The fourth-order valence-corrected chi connectivity index (χ4v) is 5.34. The fourth-order valence-electron chi connectivity index (χ4n) is 5.18. The zero-order chi connectivity index (χ0) is 27.0. The fraction of sp³-hybridized carbons (Fsp3) is 0.333. The van der Waals surface area contributed by atoms with E-state index in [1.54, 1.807) is 21.5 Å². The molecule has 1 amide bonds. The SMILES string of the molecule is Cc1cnccc1-n1c(=O)n(C[C@H]2CC[C@H](NC(=O)c3cc(Cl)cnc3C(F)(F)F)CC2)c2ccccc21. The van der Waals surface area contributed by atoms with Gasteiger partial charge in [0.05, 0.1) is 27.3 Å². The third-order valence-electron chi connectivity index (χ3n) is 7.06. The number of pyridine rings is 2. The van der Waals surface area contributed by atoms with Crippen LogP contribution in [0.15, 0.2) is 59.8 Å². The summed E-state index contributed by atoms with van der Waals surface area (Å²) >= 11 is 5.81. The number of nitrogens with one attached hydrogen (secondary N) is 1. The number of hydrogen-bond acceptors (Lipinski definition) is 4. The molecule has 1 saturated carbocycles. The Hall–Kier alpha value is -3.66. The Balaban J connectivity index is 1.31. The van der Waals surface area contributed by atoms with Gasteiger partial charge in [-0.05, 0) is 68.4 Å². The number of alkyl halides is 3. The molecule has 0 unspecified atom stereocenters. The van der Waals surface area contributed by atoms with Crippen molar-refractivity contribution in [2.75, 3.05) is 0 Å². The first-order chi connectivity index (χ1) is 18.1. The Bertz CT molecular complexity index is 1550. The molecule has 1 aromatic carbocycles. The van der Waals surface area contributed by atoms with E-state index < -0.39 is 23.3 Å². The van der Waals surface area contributed by atoms with Crippen LogP contribution in [0.3, 0.4) is 0 Å². The minimum absolute atomic E-state index is 0.0431. The third-order valence-corrected chi connectivity index (χ3v) is 7.26. The summed E-state index contributed by atoms with van der Waals surface area (Å²) in [5.74, 6) is -0.667. The molecule has 198 valence electrons. The van der Waals surface area contributed by atoms with E-state index in [4.69, 9.17) is 11.6 Å². The summed E-state index contributed by atoms with van der Waals surface area (Å²) in [6, 6.07) is 10.2. The summed E-state index contributed by atoms with van der Waals surface area (Å²) < 4.78 is 43.5. The number of fused-ring (bicyclic) bond motifs is 1. The first kappa shape index (κ1) is 26.0. The van der Waals surface area contributed by atoms with Gasteiger partial charge in [-0.2, -0.15) is 13.2 Å². The Morgan fingerprint density at radius 2 is 1.82 bits per heavy atom. The molecule has 1 N–H and O–H groups in total. The summed E-state index contributed by atoms with van der Waals surface area (Å²) in [7, 11) is 0. The molecule has 5 rings (SSSR count). The van der Waals surface area contributed by atoms with Gasteiger partial charge >= 0.3 is 11.9 Å². The van der Waals surface area contributed by atoms with Gasteiger partial charge < -0.3 is 5.32 Å². The number of halogens is 4. The lowest BCUT2D eigenvalue weighted by Crippen LogP contribution is -2.39. The van der Waals surface area contributed by atoms with E-state index in [-0.39, 0.29) is 22.7 Å². The number of hydrogen-bond donors (Lipinski definition) is 1. The Morgan fingerprint density at radius 1 is 1.11 bits per heavy atom. The molecular formula is C27H25ClF3N5O2. The number of nitrogens with zero attached hydrogens (tertiary/aromatic N) is 4. The number of benzene rings is 1. The highest BCUT2D eigenvalue weighted by molar-refractivity contribution is 6.30. The molecule has 1 fully saturated rings. The first-order valence-corrected chi connectivity index (χ1v) is 12.7. The lowest BCUT2D eigenvalue weighted by molar-refractivity contribution is -0.141. The molecule has 1 aliphatic carbocycles. The van der Waals surface area contributed by atoms with Crippen LogP contribution in [0.1, 0.15) is 47.3 Å². The molecule has 1 aliphatic rings. The highest BCUT2D eigenvalue weighted by Crippen LogP contribution is 2.32. The van der Waals surface area contributed by atoms with E-state index in [0.717, 1.165) is 34.5 Å². The van der Waals surface area contributed by atoms with Crippen molar-refractivity contribution in [1.29, 1.82) is 0 Å². The van der Waals surface area contributed by atoms with Crippen molar-refractivity contribution < 1.29 is 18.0 Å². The van der Waals surface area contributed by atoms with Crippen molar-refractivity contribution in [2.24, 2.45) is 5.92 Å². The highest BCUT2D eigenvalue weighted by Gasteiger charge is 2.38. The lowest BCUT2D eigenvalue weighted by Gasteiger charge is -2.29. The molecule has 0 atom stereocenters. The highest BCUT2D eigenvalue weighted by atomic mass is 35.5. The second kappa shape index (κ2) is 10.2. The summed E-state index contributed by atoms with van der Waals surface area (Å²) in [4.78, 5) is 33.7. The van der Waals surface area contributed by atoms with Gasteiger partial charge in [0.25, 0.3) is 5.91 Å². The van der Waals surface area contributed by atoms with E-state index in [1.807, 2.05) is 37.3 Å². The molecule has 0 radical (unpaired) electrons. The molecule has 3 aromatic heterocycles. The molecule has 11 heteroatoms. The molecule has 7 nitrogen and oxygen atoms in total. The van der Waals surface area contributed by atoms with Crippen molar-refractivity contribution >= 4 is 28.5 Å². The number of carbonyl (C=O) groups is 1. The van der Waals surface area contributed by atoms with E-state index in [0.29, 0.717) is 32.2 Å². The lowest BCUT2D eigenvalue weighted by atomic mass is 9.85. The number of aromatic nitrogens is 4. The van der Waals surface area contributed by atoms with Crippen molar-refractivity contribution in [3.05, 3.63) is 87.3 Å². The van der Waals surface area contributed by atoms with Crippen molar-refractivity contribution in [1.82, 2.24) is 24.4 Å². The largest absolute Gasteiger partial charge is 0.434 e. The topological polar surface area (TPSA) is 81.8 Å². The van der Waals surface area contributed by atoms with Crippen LogP contribution in [-0.4, -0.2) is 31.1 Å². The predicted octanol–water partition coefficient (Wildman–Crippen LogP) is 5.55. The molecule has 0 spiro atoms. The average Bonchev–Trinajstić information content (AvgIpc) is 3.15. The minimum atomic E-state index is -4.77. The maximum Gasteiger partial charge on any atom is 0.434 e. The number of carbonyl (C=O) groups excluding carboxylic acids is 1. The quantitative estimate of drug-likeness (QED) is 0.358. The number of amides is 1. The van der Waals surface area contributed by atoms with Gasteiger partial charge in [-0.15, -0.1) is 0 Å². The van der Waals surface area contributed by atoms with Crippen LogP contribution in [0.2, 0.25) is 5.02 Å². The van der Waals surface area contributed by atoms with Crippen LogP contribution in [-0.2, 0) is 12.7 Å². The molecule has 0 saturated heterocycles. The monoisotopic (exact) mass is 543 g/mol. The van der Waals surface area contributed by atoms with Crippen LogP contribution in [0, 0.1) is 12.8 Å². The van der Waals surface area contributed by atoms with Crippen molar-refractivity contribution in [3.63, 3.8) is 0 Å². The zero-order valence-electron chi connectivity index (χ0n) is 20.5. The van der Waals surface area contributed by atoms with E-state index in [9.17, 15) is 22.8 Å². The van der Waals surface area contributed by atoms with Crippen LogP contribution in [0.4, 0.5) is 13.2 Å². The smallest absolute Gasteiger partial charge is 0.349 e. The summed E-state index contributed by atoms with van der Waals surface area (Å²) in [5.41, 5.74) is 1.33. The van der Waals surface area contributed by atoms with Crippen LogP contribution in [0.5, 0.6) is 0 Å². The van der Waals surface area contributed by atoms with Crippen molar-refractivity contribution in [3.8, 4) is 5.69 Å². The van der Waals surface area contributed by atoms with Crippen LogP contribution >= 0.6 is 11.6 Å². The molecule has 38 heavy (non-hydrogen) atoms. The van der Waals surface area contributed by atoms with E-state index in [1.165, 1.54) is 0 Å². The second-order valence-electron chi connectivity index (χ2n) is 9.62. The molecule has 0 aliphatic heterocycles. The van der Waals surface area contributed by atoms with Gasteiger partial charge in [-0.25, -0.2) is 9.78 Å². The standard InChI is InChI=1S/C27H25ClF3N5O2/c1-16-13-32-11-10-21(16)36-23-5-3-2-4-22(23)35(26(36)38)15-17-6-8-19(9-7-17)34-25(37)20-12-18(28)14-33-24(20)27(29,30)31/h2-5,10-14,17,19H,6-9,15H2,1H3,(H,34,37)/t17-,19-.